The molecule has 22 heavy (non-hydrogen) atoms. The lowest BCUT2D eigenvalue weighted by atomic mass is 10.1. The number of benzene rings is 2. The van der Waals surface area contributed by atoms with Crippen LogP contribution >= 0.6 is 0 Å². The molecule has 112 valence electrons. The summed E-state index contributed by atoms with van der Waals surface area (Å²) in [5, 5.41) is 0.917. The standard InChI is InChI=1S/C17H14F2N2O/c18-16(19)13-6-4-11(5-7-13)10-21-9-8-12-2-1-3-14(15(12)21)17(20)22/h1-9,16H,10H2,(H2,20,22). The van der Waals surface area contributed by atoms with Gasteiger partial charge in [-0.25, -0.2) is 8.78 Å². The summed E-state index contributed by atoms with van der Waals surface area (Å²) >= 11 is 0. The Hall–Kier alpha value is -2.69. The average molecular weight is 300 g/mol. The van der Waals surface area contributed by atoms with Crippen LogP contribution in [0.2, 0.25) is 0 Å². The third-order valence-electron chi connectivity index (χ3n) is 3.64. The highest BCUT2D eigenvalue weighted by atomic mass is 19.3. The van der Waals surface area contributed by atoms with E-state index in [-0.39, 0.29) is 5.56 Å². The van der Waals surface area contributed by atoms with Crippen molar-refractivity contribution in [2.75, 3.05) is 0 Å². The molecule has 0 aliphatic rings. The van der Waals surface area contributed by atoms with Gasteiger partial charge in [0.05, 0.1) is 11.1 Å². The summed E-state index contributed by atoms with van der Waals surface area (Å²) in [4.78, 5) is 11.6. The van der Waals surface area contributed by atoms with Crippen molar-refractivity contribution >= 4 is 16.8 Å². The molecule has 0 aliphatic carbocycles. The van der Waals surface area contributed by atoms with Crippen molar-refractivity contribution in [3.8, 4) is 0 Å². The minimum absolute atomic E-state index is 0.000982. The van der Waals surface area contributed by atoms with Crippen LogP contribution < -0.4 is 5.73 Å². The molecular weight excluding hydrogens is 286 g/mol. The van der Waals surface area contributed by atoms with Gasteiger partial charge < -0.3 is 10.3 Å². The fourth-order valence-electron chi connectivity index (χ4n) is 2.56. The molecule has 2 aromatic carbocycles. The molecule has 0 unspecified atom stereocenters. The molecule has 1 aromatic heterocycles. The maximum absolute atomic E-state index is 12.6. The van der Waals surface area contributed by atoms with E-state index in [4.69, 9.17) is 5.73 Å². The van der Waals surface area contributed by atoms with E-state index in [0.717, 1.165) is 16.5 Å². The lowest BCUT2D eigenvalue weighted by Gasteiger charge is -2.09. The van der Waals surface area contributed by atoms with Crippen molar-refractivity contribution in [1.82, 2.24) is 4.57 Å². The van der Waals surface area contributed by atoms with Crippen molar-refractivity contribution in [1.29, 1.82) is 0 Å². The second-order valence-electron chi connectivity index (χ2n) is 5.09. The second-order valence-corrected chi connectivity index (χ2v) is 5.09. The molecule has 3 rings (SSSR count). The van der Waals surface area contributed by atoms with E-state index in [1.165, 1.54) is 12.1 Å². The molecule has 0 atom stereocenters. The zero-order chi connectivity index (χ0) is 15.7. The number of rotatable bonds is 4. The van der Waals surface area contributed by atoms with E-state index < -0.39 is 12.3 Å². The molecular formula is C17H14F2N2O. The van der Waals surface area contributed by atoms with Gasteiger partial charge in [0.25, 0.3) is 12.3 Å². The average Bonchev–Trinajstić information content (AvgIpc) is 2.91. The summed E-state index contributed by atoms with van der Waals surface area (Å²) in [5.74, 6) is -0.487. The zero-order valence-electron chi connectivity index (χ0n) is 11.7. The number of primary amides is 1. The Balaban J connectivity index is 1.99. The summed E-state index contributed by atoms with van der Waals surface area (Å²) in [6, 6.07) is 13.4. The SMILES string of the molecule is NC(=O)c1cccc2ccn(Cc3ccc(C(F)F)cc3)c12. The smallest absolute Gasteiger partial charge is 0.263 e. The molecule has 2 N–H and O–H groups in total. The molecule has 0 radical (unpaired) electrons. The number of carbonyl (C=O) groups is 1. The number of fused-ring (bicyclic) bond motifs is 1. The van der Waals surface area contributed by atoms with E-state index in [9.17, 15) is 13.6 Å². The Kier molecular flexibility index (Phi) is 3.63. The van der Waals surface area contributed by atoms with Crippen molar-refractivity contribution in [2.45, 2.75) is 13.0 Å². The first-order valence-corrected chi connectivity index (χ1v) is 6.81. The van der Waals surface area contributed by atoms with Crippen LogP contribution in [0.3, 0.4) is 0 Å². The fraction of sp³-hybridized carbons (Fsp3) is 0.118. The number of hydrogen-bond acceptors (Lipinski definition) is 1. The first-order valence-electron chi connectivity index (χ1n) is 6.81. The lowest BCUT2D eigenvalue weighted by Crippen LogP contribution is -2.13. The molecule has 3 aromatic rings. The Morgan fingerprint density at radius 2 is 1.82 bits per heavy atom. The Labute approximate surface area is 126 Å². The fourth-order valence-corrected chi connectivity index (χ4v) is 2.56. The highest BCUT2D eigenvalue weighted by Gasteiger charge is 2.11. The molecule has 0 bridgehead atoms. The molecule has 0 fully saturated rings. The summed E-state index contributed by atoms with van der Waals surface area (Å²) in [6.07, 6.45) is -0.610. The molecule has 3 nitrogen and oxygen atoms in total. The minimum atomic E-state index is -2.47. The van der Waals surface area contributed by atoms with Gasteiger partial charge in [-0.1, -0.05) is 36.4 Å². The van der Waals surface area contributed by atoms with Gasteiger partial charge in [-0.05, 0) is 17.7 Å². The summed E-state index contributed by atoms with van der Waals surface area (Å²) < 4.78 is 27.0. The molecule has 0 saturated carbocycles. The van der Waals surface area contributed by atoms with Gasteiger partial charge >= 0.3 is 0 Å². The van der Waals surface area contributed by atoms with Gasteiger partial charge in [0.2, 0.25) is 0 Å². The largest absolute Gasteiger partial charge is 0.366 e. The maximum Gasteiger partial charge on any atom is 0.263 e. The van der Waals surface area contributed by atoms with Gasteiger partial charge in [-0.2, -0.15) is 0 Å². The number of carbonyl (C=O) groups excluding carboxylic acids is 1. The summed E-state index contributed by atoms with van der Waals surface area (Å²) in [7, 11) is 0. The topological polar surface area (TPSA) is 48.0 Å². The number of hydrogen-bond donors (Lipinski definition) is 1. The molecule has 0 spiro atoms. The van der Waals surface area contributed by atoms with Crippen molar-refractivity contribution in [3.63, 3.8) is 0 Å². The van der Waals surface area contributed by atoms with Crippen LogP contribution in [-0.4, -0.2) is 10.5 Å². The van der Waals surface area contributed by atoms with Gasteiger partial charge in [0, 0.05) is 23.7 Å². The third-order valence-corrected chi connectivity index (χ3v) is 3.64. The Morgan fingerprint density at radius 1 is 1.09 bits per heavy atom. The number of nitrogens with two attached hydrogens (primary N) is 1. The summed E-state index contributed by atoms with van der Waals surface area (Å²) in [5.41, 5.74) is 7.50. The predicted molar refractivity (Wildman–Crippen MR) is 81.0 cm³/mol. The Morgan fingerprint density at radius 3 is 2.45 bits per heavy atom. The van der Waals surface area contributed by atoms with Crippen molar-refractivity contribution in [2.24, 2.45) is 5.73 Å². The van der Waals surface area contributed by atoms with Gasteiger partial charge in [-0.15, -0.1) is 0 Å². The Bertz CT molecular complexity index is 822. The van der Waals surface area contributed by atoms with Crippen LogP contribution in [0.15, 0.2) is 54.7 Å². The highest BCUT2D eigenvalue weighted by Crippen LogP contribution is 2.23. The number of halogens is 2. The second kappa shape index (κ2) is 5.60. The number of para-hydroxylation sites is 1. The van der Waals surface area contributed by atoms with E-state index >= 15 is 0 Å². The van der Waals surface area contributed by atoms with Crippen LogP contribution in [0.5, 0.6) is 0 Å². The lowest BCUT2D eigenvalue weighted by molar-refractivity contribution is 0.100. The number of amides is 1. The van der Waals surface area contributed by atoms with Gasteiger partial charge in [-0.3, -0.25) is 4.79 Å². The summed E-state index contributed by atoms with van der Waals surface area (Å²) in [6.45, 7) is 0.483. The van der Waals surface area contributed by atoms with E-state index in [1.807, 2.05) is 22.9 Å². The van der Waals surface area contributed by atoms with E-state index in [2.05, 4.69) is 0 Å². The molecule has 1 heterocycles. The van der Waals surface area contributed by atoms with Crippen LogP contribution in [0.1, 0.15) is 27.9 Å². The van der Waals surface area contributed by atoms with Crippen molar-refractivity contribution < 1.29 is 13.6 Å². The zero-order valence-corrected chi connectivity index (χ0v) is 11.7. The molecule has 0 saturated heterocycles. The number of alkyl halides is 2. The minimum Gasteiger partial charge on any atom is -0.366 e. The van der Waals surface area contributed by atoms with Crippen LogP contribution in [0.4, 0.5) is 8.78 Å². The van der Waals surface area contributed by atoms with Gasteiger partial charge in [0.1, 0.15) is 0 Å². The predicted octanol–water partition coefficient (Wildman–Crippen LogP) is 3.73. The van der Waals surface area contributed by atoms with Crippen LogP contribution in [0.25, 0.3) is 10.9 Å². The van der Waals surface area contributed by atoms with Crippen LogP contribution in [-0.2, 0) is 6.54 Å². The molecule has 0 aliphatic heterocycles. The number of nitrogens with zero attached hydrogens (tertiary/aromatic N) is 1. The third kappa shape index (κ3) is 2.57. The van der Waals surface area contributed by atoms with Crippen LogP contribution in [0, 0.1) is 0 Å². The van der Waals surface area contributed by atoms with Crippen molar-refractivity contribution in [3.05, 3.63) is 71.4 Å². The van der Waals surface area contributed by atoms with E-state index in [0.29, 0.717) is 12.1 Å². The number of aromatic nitrogens is 1. The first kappa shape index (κ1) is 14.3. The first-order chi connectivity index (χ1) is 10.6. The highest BCUT2D eigenvalue weighted by molar-refractivity contribution is 6.05. The van der Waals surface area contributed by atoms with E-state index in [1.54, 1.807) is 24.3 Å². The molecule has 5 heteroatoms. The quantitative estimate of drug-likeness (QED) is 0.784. The maximum atomic E-state index is 12.6. The van der Waals surface area contributed by atoms with Gasteiger partial charge in [0.15, 0.2) is 0 Å². The monoisotopic (exact) mass is 300 g/mol. The normalized spacial score (nSPS) is 11.2. The molecule has 1 amide bonds.